The van der Waals surface area contributed by atoms with Crippen molar-refractivity contribution in [2.45, 2.75) is 19.1 Å². The van der Waals surface area contributed by atoms with Crippen LogP contribution in [0.4, 0.5) is 0 Å². The predicted molar refractivity (Wildman–Crippen MR) is 70.4 cm³/mol. The van der Waals surface area contributed by atoms with Crippen LogP contribution in [0.3, 0.4) is 0 Å². The van der Waals surface area contributed by atoms with Gasteiger partial charge < -0.3 is 5.11 Å². The van der Waals surface area contributed by atoms with Crippen LogP contribution in [0.5, 0.6) is 0 Å². The molecule has 5 heteroatoms. The Morgan fingerprint density at radius 2 is 2.33 bits per heavy atom. The van der Waals surface area contributed by atoms with Gasteiger partial charge in [-0.05, 0) is 24.1 Å². The molecule has 1 N–H and O–H groups in total. The number of β-amino-alcohol motifs (C(OH)–C–C–N with tert-alkyl or cyclic N) is 1. The van der Waals surface area contributed by atoms with Crippen LogP contribution >= 0.6 is 11.6 Å². The van der Waals surface area contributed by atoms with Crippen molar-refractivity contribution in [3.63, 3.8) is 0 Å². The van der Waals surface area contributed by atoms with E-state index >= 15 is 0 Å². The Hall–Kier alpha value is -1.23. The van der Waals surface area contributed by atoms with Crippen LogP contribution in [0.2, 0.25) is 5.15 Å². The minimum absolute atomic E-state index is 0.183. The number of nitrogens with zero attached hydrogens (tertiary/aromatic N) is 3. The van der Waals surface area contributed by atoms with E-state index in [2.05, 4.69) is 20.9 Å². The molecule has 1 unspecified atom stereocenters. The smallest absolute Gasteiger partial charge is 0.155 e. The normalized spacial score (nSPS) is 20.7. The fourth-order valence-electron chi connectivity index (χ4n) is 2.37. The summed E-state index contributed by atoms with van der Waals surface area (Å²) < 4.78 is 0. The van der Waals surface area contributed by atoms with Crippen molar-refractivity contribution in [2.75, 3.05) is 13.1 Å². The lowest BCUT2D eigenvalue weighted by Gasteiger charge is -2.14. The topological polar surface area (TPSA) is 49.2 Å². The van der Waals surface area contributed by atoms with Crippen LogP contribution in [-0.4, -0.2) is 39.2 Å². The Morgan fingerprint density at radius 3 is 3.11 bits per heavy atom. The monoisotopic (exact) mass is 263 g/mol. The molecular formula is C13H14ClN3O. The standard InChI is InChI=1S/C13H14ClN3O/c14-13-12-10(1-3-15-13)5-9(6-16-12)7-17-4-2-11(18)8-17/h1,3,5-6,11,18H,2,4,7-8H2. The van der Waals surface area contributed by atoms with Gasteiger partial charge >= 0.3 is 0 Å². The molecule has 3 rings (SSSR count). The molecule has 2 aromatic rings. The average Bonchev–Trinajstić information content (AvgIpc) is 2.75. The van der Waals surface area contributed by atoms with E-state index in [1.165, 1.54) is 0 Å². The van der Waals surface area contributed by atoms with Gasteiger partial charge in [0.1, 0.15) is 5.52 Å². The average molecular weight is 264 g/mol. The van der Waals surface area contributed by atoms with Gasteiger partial charge in [-0.15, -0.1) is 0 Å². The number of aliphatic hydroxyl groups is 1. The summed E-state index contributed by atoms with van der Waals surface area (Å²) in [4.78, 5) is 10.6. The van der Waals surface area contributed by atoms with Crippen LogP contribution in [0, 0.1) is 0 Å². The van der Waals surface area contributed by atoms with E-state index in [0.717, 1.165) is 42.5 Å². The fraction of sp³-hybridized carbons (Fsp3) is 0.385. The summed E-state index contributed by atoms with van der Waals surface area (Å²) in [6.45, 7) is 2.51. The number of aromatic nitrogens is 2. The quantitative estimate of drug-likeness (QED) is 0.840. The molecule has 1 fully saturated rings. The van der Waals surface area contributed by atoms with Gasteiger partial charge in [0.25, 0.3) is 0 Å². The highest BCUT2D eigenvalue weighted by atomic mass is 35.5. The summed E-state index contributed by atoms with van der Waals surface area (Å²) in [5.41, 5.74) is 1.88. The van der Waals surface area contributed by atoms with Crippen LogP contribution in [0.25, 0.3) is 10.9 Å². The SMILES string of the molecule is OC1CCN(Cc2cnc3c(Cl)nccc3c2)C1. The molecule has 0 radical (unpaired) electrons. The van der Waals surface area contributed by atoms with Gasteiger partial charge in [-0.2, -0.15) is 0 Å². The largest absolute Gasteiger partial charge is 0.392 e. The second-order valence-corrected chi connectivity index (χ2v) is 5.05. The number of fused-ring (bicyclic) bond motifs is 1. The third-order valence-corrected chi connectivity index (χ3v) is 3.54. The lowest BCUT2D eigenvalue weighted by molar-refractivity contribution is 0.175. The van der Waals surface area contributed by atoms with Crippen LogP contribution in [0.1, 0.15) is 12.0 Å². The second-order valence-electron chi connectivity index (χ2n) is 4.69. The van der Waals surface area contributed by atoms with E-state index in [0.29, 0.717) is 5.15 Å². The maximum atomic E-state index is 9.50. The molecule has 0 aromatic carbocycles. The van der Waals surface area contributed by atoms with Crippen molar-refractivity contribution in [1.82, 2.24) is 14.9 Å². The summed E-state index contributed by atoms with van der Waals surface area (Å²) in [7, 11) is 0. The number of aliphatic hydroxyl groups excluding tert-OH is 1. The molecule has 0 saturated carbocycles. The van der Waals surface area contributed by atoms with E-state index in [1.54, 1.807) is 6.20 Å². The van der Waals surface area contributed by atoms with Crippen molar-refractivity contribution >= 4 is 22.5 Å². The lowest BCUT2D eigenvalue weighted by atomic mass is 10.2. The van der Waals surface area contributed by atoms with Gasteiger partial charge in [0.15, 0.2) is 5.15 Å². The van der Waals surface area contributed by atoms with Crippen molar-refractivity contribution in [3.8, 4) is 0 Å². The summed E-state index contributed by atoms with van der Waals surface area (Å²) >= 11 is 5.98. The number of hydrogen-bond acceptors (Lipinski definition) is 4. The maximum Gasteiger partial charge on any atom is 0.155 e. The third kappa shape index (κ3) is 2.32. The summed E-state index contributed by atoms with van der Waals surface area (Å²) in [5.74, 6) is 0. The number of rotatable bonds is 2. The molecule has 1 aliphatic rings. The number of halogens is 1. The van der Waals surface area contributed by atoms with Crippen LogP contribution < -0.4 is 0 Å². The van der Waals surface area contributed by atoms with E-state index < -0.39 is 0 Å². The highest BCUT2D eigenvalue weighted by Crippen LogP contribution is 2.21. The fourth-order valence-corrected chi connectivity index (χ4v) is 2.59. The molecule has 3 heterocycles. The van der Waals surface area contributed by atoms with Gasteiger partial charge in [0, 0.05) is 37.4 Å². The zero-order chi connectivity index (χ0) is 12.5. The first kappa shape index (κ1) is 11.8. The summed E-state index contributed by atoms with van der Waals surface area (Å²) in [6.07, 6.45) is 4.20. The highest BCUT2D eigenvalue weighted by molar-refractivity contribution is 6.33. The Morgan fingerprint density at radius 1 is 1.44 bits per heavy atom. The zero-order valence-corrected chi connectivity index (χ0v) is 10.6. The molecule has 1 aliphatic heterocycles. The predicted octanol–water partition coefficient (Wildman–Crippen LogP) is 1.85. The molecule has 1 atom stereocenters. The maximum absolute atomic E-state index is 9.50. The Balaban J connectivity index is 1.85. The number of pyridine rings is 2. The van der Waals surface area contributed by atoms with E-state index in [4.69, 9.17) is 11.6 Å². The number of hydrogen-bond donors (Lipinski definition) is 1. The minimum atomic E-state index is -0.183. The molecule has 0 aliphatic carbocycles. The molecule has 18 heavy (non-hydrogen) atoms. The molecule has 0 bridgehead atoms. The van der Waals surface area contributed by atoms with E-state index in [-0.39, 0.29) is 6.10 Å². The van der Waals surface area contributed by atoms with Gasteiger partial charge in [0.05, 0.1) is 6.10 Å². The highest BCUT2D eigenvalue weighted by Gasteiger charge is 2.20. The molecular weight excluding hydrogens is 250 g/mol. The van der Waals surface area contributed by atoms with Crippen molar-refractivity contribution in [3.05, 3.63) is 35.2 Å². The minimum Gasteiger partial charge on any atom is -0.392 e. The van der Waals surface area contributed by atoms with Crippen molar-refractivity contribution in [2.24, 2.45) is 0 Å². The molecule has 2 aromatic heterocycles. The van der Waals surface area contributed by atoms with E-state index in [9.17, 15) is 5.11 Å². The van der Waals surface area contributed by atoms with Crippen LogP contribution in [-0.2, 0) is 6.54 Å². The van der Waals surface area contributed by atoms with Gasteiger partial charge in [0.2, 0.25) is 0 Å². The second kappa shape index (κ2) is 4.80. The Bertz CT molecular complexity index is 575. The first-order valence-corrected chi connectivity index (χ1v) is 6.40. The summed E-state index contributed by atoms with van der Waals surface area (Å²) in [6, 6.07) is 4.00. The first-order valence-electron chi connectivity index (χ1n) is 6.02. The molecule has 0 spiro atoms. The molecule has 94 valence electrons. The molecule has 1 saturated heterocycles. The number of likely N-dealkylation sites (tertiary alicyclic amines) is 1. The lowest BCUT2D eigenvalue weighted by Crippen LogP contribution is -2.21. The van der Waals surface area contributed by atoms with Crippen molar-refractivity contribution in [1.29, 1.82) is 0 Å². The Kier molecular flexibility index (Phi) is 3.16. The van der Waals surface area contributed by atoms with Gasteiger partial charge in [-0.3, -0.25) is 9.88 Å². The molecule has 0 amide bonds. The van der Waals surface area contributed by atoms with E-state index in [1.807, 2.05) is 12.3 Å². The van der Waals surface area contributed by atoms with Gasteiger partial charge in [-0.25, -0.2) is 4.98 Å². The molecule has 4 nitrogen and oxygen atoms in total. The van der Waals surface area contributed by atoms with Gasteiger partial charge in [-0.1, -0.05) is 11.6 Å². The van der Waals surface area contributed by atoms with Crippen LogP contribution in [0.15, 0.2) is 24.5 Å². The summed E-state index contributed by atoms with van der Waals surface area (Å²) in [5, 5.41) is 10.9. The first-order chi connectivity index (χ1) is 8.72. The van der Waals surface area contributed by atoms with Crippen molar-refractivity contribution < 1.29 is 5.11 Å². The third-order valence-electron chi connectivity index (χ3n) is 3.26. The zero-order valence-electron chi connectivity index (χ0n) is 9.88. The Labute approximate surface area is 110 Å².